The molecule has 0 bridgehead atoms. The van der Waals surface area contributed by atoms with E-state index < -0.39 is 0 Å². The van der Waals surface area contributed by atoms with E-state index in [2.05, 4.69) is 37.5 Å². The van der Waals surface area contributed by atoms with Gasteiger partial charge in [0.05, 0.1) is 13.2 Å². The van der Waals surface area contributed by atoms with Crippen LogP contribution in [0.3, 0.4) is 0 Å². The first-order chi connectivity index (χ1) is 10.5. The van der Waals surface area contributed by atoms with E-state index in [9.17, 15) is 5.11 Å². The summed E-state index contributed by atoms with van der Waals surface area (Å²) in [5.41, 5.74) is 1.25. The van der Waals surface area contributed by atoms with Crippen molar-refractivity contribution < 1.29 is 9.84 Å². The number of hydrogen-bond acceptors (Lipinski definition) is 3. The Balaban J connectivity index is 2.60. The minimum Gasteiger partial charge on any atom is -0.497 e. The average molecular weight is 305 g/mol. The second kappa shape index (κ2) is 10.4. The summed E-state index contributed by atoms with van der Waals surface area (Å²) in [6.07, 6.45) is 4.37. The van der Waals surface area contributed by atoms with Gasteiger partial charge >= 0.3 is 0 Å². The molecule has 0 saturated heterocycles. The van der Waals surface area contributed by atoms with Crippen LogP contribution in [0.15, 0.2) is 36.9 Å². The van der Waals surface area contributed by atoms with Crippen LogP contribution in [0.1, 0.15) is 38.7 Å². The maximum atomic E-state index is 10.2. The van der Waals surface area contributed by atoms with Gasteiger partial charge in [0, 0.05) is 13.1 Å². The van der Waals surface area contributed by atoms with Crippen LogP contribution in [0.4, 0.5) is 0 Å². The van der Waals surface area contributed by atoms with Crippen molar-refractivity contribution in [3.05, 3.63) is 42.5 Å². The van der Waals surface area contributed by atoms with Gasteiger partial charge in [0.15, 0.2) is 0 Å². The Morgan fingerprint density at radius 3 is 2.45 bits per heavy atom. The lowest BCUT2D eigenvalue weighted by Crippen LogP contribution is -2.33. The fourth-order valence-electron chi connectivity index (χ4n) is 2.36. The van der Waals surface area contributed by atoms with Crippen LogP contribution in [-0.2, 0) is 6.54 Å². The minimum atomic E-state index is -0.289. The number of aliphatic hydroxyl groups excluding tert-OH is 1. The van der Waals surface area contributed by atoms with Gasteiger partial charge in [0.25, 0.3) is 0 Å². The second-order valence-electron chi connectivity index (χ2n) is 6.29. The molecule has 0 spiro atoms. The van der Waals surface area contributed by atoms with E-state index in [0.29, 0.717) is 12.5 Å². The summed E-state index contributed by atoms with van der Waals surface area (Å²) in [5.74, 6) is 1.55. The zero-order chi connectivity index (χ0) is 16.4. The predicted molar refractivity (Wildman–Crippen MR) is 93.2 cm³/mol. The monoisotopic (exact) mass is 305 g/mol. The Labute approximate surface area is 135 Å². The Morgan fingerprint density at radius 2 is 1.91 bits per heavy atom. The Morgan fingerprint density at radius 1 is 1.23 bits per heavy atom. The van der Waals surface area contributed by atoms with Crippen LogP contribution in [-0.4, -0.2) is 36.3 Å². The molecule has 1 N–H and O–H groups in total. The molecule has 124 valence electrons. The van der Waals surface area contributed by atoms with Crippen molar-refractivity contribution in [1.82, 2.24) is 4.90 Å². The maximum absolute atomic E-state index is 10.2. The highest BCUT2D eigenvalue weighted by Crippen LogP contribution is 2.15. The lowest BCUT2D eigenvalue weighted by Gasteiger charge is -2.26. The molecule has 3 nitrogen and oxygen atoms in total. The van der Waals surface area contributed by atoms with Crippen LogP contribution in [0.5, 0.6) is 5.75 Å². The van der Waals surface area contributed by atoms with Crippen molar-refractivity contribution in [3.63, 3.8) is 0 Å². The molecular formula is C19H31NO2. The number of ether oxygens (including phenoxy) is 1. The summed E-state index contributed by atoms with van der Waals surface area (Å²) < 4.78 is 5.20. The van der Waals surface area contributed by atoms with E-state index in [1.165, 1.54) is 5.56 Å². The average Bonchev–Trinajstić information content (AvgIpc) is 2.51. The number of rotatable bonds is 11. The van der Waals surface area contributed by atoms with Gasteiger partial charge in [-0.1, -0.05) is 32.1 Å². The Hall–Kier alpha value is -1.32. The molecule has 0 unspecified atom stereocenters. The van der Waals surface area contributed by atoms with Crippen molar-refractivity contribution in [2.24, 2.45) is 5.92 Å². The normalized spacial score (nSPS) is 12.6. The van der Waals surface area contributed by atoms with Gasteiger partial charge in [-0.2, -0.15) is 0 Å². The molecule has 0 radical (unpaired) electrons. The quantitative estimate of drug-likeness (QED) is 0.630. The van der Waals surface area contributed by atoms with Crippen LogP contribution >= 0.6 is 0 Å². The molecular weight excluding hydrogens is 274 g/mol. The topological polar surface area (TPSA) is 32.7 Å². The highest BCUT2D eigenvalue weighted by atomic mass is 16.5. The fraction of sp³-hybridized carbons (Fsp3) is 0.579. The molecule has 1 atom stereocenters. The largest absolute Gasteiger partial charge is 0.497 e. The lowest BCUT2D eigenvalue weighted by molar-refractivity contribution is 0.0994. The molecule has 0 fully saturated rings. The molecule has 0 heterocycles. The van der Waals surface area contributed by atoms with E-state index in [4.69, 9.17) is 4.74 Å². The molecule has 0 aliphatic carbocycles. The zero-order valence-electron chi connectivity index (χ0n) is 14.3. The van der Waals surface area contributed by atoms with Gasteiger partial charge in [-0.15, -0.1) is 6.58 Å². The van der Waals surface area contributed by atoms with Crippen LogP contribution < -0.4 is 4.74 Å². The van der Waals surface area contributed by atoms with Crippen molar-refractivity contribution >= 4 is 0 Å². The van der Waals surface area contributed by atoms with E-state index in [-0.39, 0.29) is 6.10 Å². The first kappa shape index (κ1) is 18.7. The number of benzene rings is 1. The van der Waals surface area contributed by atoms with Gasteiger partial charge in [-0.3, -0.25) is 4.90 Å². The molecule has 0 amide bonds. The number of nitrogens with zero attached hydrogens (tertiary/aromatic N) is 1. The summed E-state index contributed by atoms with van der Waals surface area (Å²) in [5, 5.41) is 10.2. The van der Waals surface area contributed by atoms with E-state index in [1.807, 2.05) is 18.2 Å². The van der Waals surface area contributed by atoms with E-state index >= 15 is 0 Å². The van der Waals surface area contributed by atoms with Gasteiger partial charge in [-0.05, 0) is 49.4 Å². The van der Waals surface area contributed by atoms with Crippen LogP contribution in [0, 0.1) is 5.92 Å². The minimum absolute atomic E-state index is 0.289. The first-order valence-corrected chi connectivity index (χ1v) is 8.19. The molecule has 0 aliphatic rings. The third-order valence-corrected chi connectivity index (χ3v) is 3.76. The van der Waals surface area contributed by atoms with E-state index in [0.717, 1.165) is 38.1 Å². The molecule has 1 aromatic rings. The predicted octanol–water partition coefficient (Wildman–Crippen LogP) is 3.87. The molecule has 0 aromatic heterocycles. The van der Waals surface area contributed by atoms with Crippen molar-refractivity contribution in [2.75, 3.05) is 20.2 Å². The lowest BCUT2D eigenvalue weighted by atomic mass is 10.1. The first-order valence-electron chi connectivity index (χ1n) is 8.19. The van der Waals surface area contributed by atoms with Crippen LogP contribution in [0.2, 0.25) is 0 Å². The molecule has 3 heteroatoms. The number of allylic oxidation sites excluding steroid dienone is 1. The van der Waals surface area contributed by atoms with Gasteiger partial charge in [-0.25, -0.2) is 0 Å². The maximum Gasteiger partial charge on any atom is 0.118 e. The number of methoxy groups -OCH3 is 1. The zero-order valence-corrected chi connectivity index (χ0v) is 14.3. The summed E-state index contributed by atoms with van der Waals surface area (Å²) in [7, 11) is 1.68. The number of aliphatic hydroxyl groups is 1. The molecule has 22 heavy (non-hydrogen) atoms. The summed E-state index contributed by atoms with van der Waals surface area (Å²) in [6, 6.07) is 8.17. The molecule has 0 aliphatic heterocycles. The van der Waals surface area contributed by atoms with Gasteiger partial charge < -0.3 is 9.84 Å². The second-order valence-corrected chi connectivity index (χ2v) is 6.29. The molecule has 1 aromatic carbocycles. The van der Waals surface area contributed by atoms with Crippen LogP contribution in [0.25, 0.3) is 0 Å². The SMILES string of the molecule is C=CCC[C@@H](O)CN(CCC(C)C)Cc1ccc(OC)cc1. The fourth-order valence-corrected chi connectivity index (χ4v) is 2.36. The summed E-state index contributed by atoms with van der Waals surface area (Å²) >= 11 is 0. The standard InChI is InChI=1S/C19H31NO2/c1-5-6-7-18(21)15-20(13-12-16(2)3)14-17-8-10-19(22-4)11-9-17/h5,8-11,16,18,21H,1,6-7,12-15H2,2-4H3/t18-/m1/s1. The third kappa shape index (κ3) is 7.62. The third-order valence-electron chi connectivity index (χ3n) is 3.76. The number of hydrogen-bond donors (Lipinski definition) is 1. The highest BCUT2D eigenvalue weighted by Gasteiger charge is 2.12. The summed E-state index contributed by atoms with van der Waals surface area (Å²) in [6.45, 7) is 10.8. The Kier molecular flexibility index (Phi) is 8.86. The van der Waals surface area contributed by atoms with Crippen molar-refractivity contribution in [2.45, 2.75) is 45.8 Å². The Bertz CT molecular complexity index is 414. The smallest absolute Gasteiger partial charge is 0.118 e. The van der Waals surface area contributed by atoms with Crippen molar-refractivity contribution in [1.29, 1.82) is 0 Å². The molecule has 0 saturated carbocycles. The van der Waals surface area contributed by atoms with Gasteiger partial charge in [0.1, 0.15) is 5.75 Å². The van der Waals surface area contributed by atoms with E-state index in [1.54, 1.807) is 7.11 Å². The highest BCUT2D eigenvalue weighted by molar-refractivity contribution is 5.27. The van der Waals surface area contributed by atoms with Gasteiger partial charge in [0.2, 0.25) is 0 Å². The molecule has 1 rings (SSSR count). The summed E-state index contributed by atoms with van der Waals surface area (Å²) in [4.78, 5) is 2.34. The van der Waals surface area contributed by atoms with Crippen molar-refractivity contribution in [3.8, 4) is 5.75 Å².